The summed E-state index contributed by atoms with van der Waals surface area (Å²) < 4.78 is 5.07. The van der Waals surface area contributed by atoms with E-state index in [4.69, 9.17) is 4.52 Å². The number of imidazole rings is 1. The van der Waals surface area contributed by atoms with Crippen molar-refractivity contribution < 1.29 is 4.52 Å². The van der Waals surface area contributed by atoms with Crippen molar-refractivity contribution in [2.45, 2.75) is 31.2 Å². The number of thioether (sulfide) groups is 1. The SMILES string of the molecule is CCc1nc(CSc2nc3ccc(C)cc3[nH]2)no1. The number of aryl methyl sites for hydroxylation is 2. The lowest BCUT2D eigenvalue weighted by Crippen LogP contribution is -1.85. The van der Waals surface area contributed by atoms with Crippen LogP contribution in [0.1, 0.15) is 24.2 Å². The van der Waals surface area contributed by atoms with E-state index in [2.05, 4.69) is 39.2 Å². The van der Waals surface area contributed by atoms with Crippen LogP contribution < -0.4 is 0 Å². The minimum atomic E-state index is 0.655. The standard InChI is InChI=1S/C13H14N4OS/c1-3-12-16-11(17-18-12)7-19-13-14-9-5-4-8(2)6-10(9)15-13/h4-6H,3,7H2,1-2H3,(H,14,15). The molecular weight excluding hydrogens is 260 g/mol. The lowest BCUT2D eigenvalue weighted by Gasteiger charge is -1.91. The monoisotopic (exact) mass is 274 g/mol. The van der Waals surface area contributed by atoms with Crippen LogP contribution in [0.3, 0.4) is 0 Å². The van der Waals surface area contributed by atoms with Crippen LogP contribution in [0, 0.1) is 6.92 Å². The van der Waals surface area contributed by atoms with Gasteiger partial charge in [0, 0.05) is 6.42 Å². The Bertz CT molecular complexity index is 704. The Hall–Kier alpha value is -1.82. The van der Waals surface area contributed by atoms with Crippen LogP contribution in [0.15, 0.2) is 27.9 Å². The highest BCUT2D eigenvalue weighted by Gasteiger charge is 2.08. The maximum absolute atomic E-state index is 5.07. The number of H-pyrrole nitrogens is 1. The third kappa shape index (κ3) is 2.63. The third-order valence-corrected chi connectivity index (χ3v) is 3.64. The van der Waals surface area contributed by atoms with Gasteiger partial charge in [-0.15, -0.1) is 0 Å². The molecule has 2 aromatic heterocycles. The summed E-state index contributed by atoms with van der Waals surface area (Å²) >= 11 is 1.58. The molecule has 1 N–H and O–H groups in total. The number of nitrogens with one attached hydrogen (secondary N) is 1. The summed E-state index contributed by atoms with van der Waals surface area (Å²) in [4.78, 5) is 12.1. The van der Waals surface area contributed by atoms with Gasteiger partial charge >= 0.3 is 0 Å². The maximum Gasteiger partial charge on any atom is 0.226 e. The fraction of sp³-hybridized carbons (Fsp3) is 0.308. The lowest BCUT2D eigenvalue weighted by molar-refractivity contribution is 0.378. The Morgan fingerprint density at radius 2 is 2.21 bits per heavy atom. The van der Waals surface area contributed by atoms with E-state index in [9.17, 15) is 0 Å². The second-order valence-electron chi connectivity index (χ2n) is 4.31. The van der Waals surface area contributed by atoms with Gasteiger partial charge in [0.25, 0.3) is 0 Å². The zero-order chi connectivity index (χ0) is 13.2. The van der Waals surface area contributed by atoms with Crippen LogP contribution in [0.2, 0.25) is 0 Å². The quantitative estimate of drug-likeness (QED) is 0.740. The summed E-state index contributed by atoms with van der Waals surface area (Å²) in [5.41, 5.74) is 3.26. The third-order valence-electron chi connectivity index (χ3n) is 2.77. The van der Waals surface area contributed by atoms with Gasteiger partial charge in [0.2, 0.25) is 5.89 Å². The number of hydrogen-bond acceptors (Lipinski definition) is 5. The van der Waals surface area contributed by atoms with Crippen LogP contribution in [0.25, 0.3) is 11.0 Å². The first kappa shape index (κ1) is 12.2. The average Bonchev–Trinajstić information content (AvgIpc) is 3.01. The summed E-state index contributed by atoms with van der Waals surface area (Å²) in [7, 11) is 0. The zero-order valence-electron chi connectivity index (χ0n) is 10.8. The highest BCUT2D eigenvalue weighted by atomic mass is 32.2. The summed E-state index contributed by atoms with van der Waals surface area (Å²) in [6, 6.07) is 6.18. The number of hydrogen-bond donors (Lipinski definition) is 1. The minimum absolute atomic E-state index is 0.655. The van der Waals surface area contributed by atoms with Crippen LogP contribution in [0.4, 0.5) is 0 Å². The highest BCUT2D eigenvalue weighted by Crippen LogP contribution is 2.22. The van der Waals surface area contributed by atoms with E-state index in [1.807, 2.05) is 13.0 Å². The average molecular weight is 274 g/mol. The first-order valence-electron chi connectivity index (χ1n) is 6.15. The van der Waals surface area contributed by atoms with Gasteiger partial charge in [-0.2, -0.15) is 4.98 Å². The van der Waals surface area contributed by atoms with Gasteiger partial charge in [0.05, 0.1) is 16.8 Å². The predicted molar refractivity (Wildman–Crippen MR) is 74.1 cm³/mol. The van der Waals surface area contributed by atoms with Crippen molar-refractivity contribution in [3.63, 3.8) is 0 Å². The summed E-state index contributed by atoms with van der Waals surface area (Å²) in [5, 5.41) is 4.80. The normalized spacial score (nSPS) is 11.3. The first-order valence-corrected chi connectivity index (χ1v) is 7.14. The van der Waals surface area contributed by atoms with Gasteiger partial charge in [-0.1, -0.05) is 29.9 Å². The molecule has 0 radical (unpaired) electrons. The Balaban J connectivity index is 1.74. The number of rotatable bonds is 4. The Morgan fingerprint density at radius 3 is 3.00 bits per heavy atom. The van der Waals surface area contributed by atoms with Crippen molar-refractivity contribution in [2.24, 2.45) is 0 Å². The predicted octanol–water partition coefficient (Wildman–Crippen LogP) is 3.11. The van der Waals surface area contributed by atoms with Gasteiger partial charge in [0.15, 0.2) is 11.0 Å². The number of aromatic nitrogens is 4. The molecular formula is C13H14N4OS. The zero-order valence-corrected chi connectivity index (χ0v) is 11.6. The fourth-order valence-corrected chi connectivity index (χ4v) is 2.52. The van der Waals surface area contributed by atoms with E-state index in [1.54, 1.807) is 11.8 Å². The first-order chi connectivity index (χ1) is 9.24. The smallest absolute Gasteiger partial charge is 0.226 e. The molecule has 6 heteroatoms. The van der Waals surface area contributed by atoms with Crippen LogP contribution in [-0.2, 0) is 12.2 Å². The van der Waals surface area contributed by atoms with E-state index >= 15 is 0 Å². The summed E-state index contributed by atoms with van der Waals surface area (Å²) in [6.07, 6.45) is 0.765. The topological polar surface area (TPSA) is 67.6 Å². The Labute approximate surface area is 114 Å². The molecule has 2 heterocycles. The molecule has 0 aliphatic rings. The molecule has 98 valence electrons. The lowest BCUT2D eigenvalue weighted by atomic mass is 10.2. The van der Waals surface area contributed by atoms with Crippen molar-refractivity contribution in [3.8, 4) is 0 Å². The Kier molecular flexibility index (Phi) is 3.25. The molecule has 0 amide bonds. The molecule has 3 aromatic rings. The van der Waals surface area contributed by atoms with E-state index in [-0.39, 0.29) is 0 Å². The second kappa shape index (κ2) is 5.05. The van der Waals surface area contributed by atoms with E-state index in [0.29, 0.717) is 17.5 Å². The molecule has 0 fully saturated rings. The number of benzene rings is 1. The van der Waals surface area contributed by atoms with Crippen molar-refractivity contribution >= 4 is 22.8 Å². The van der Waals surface area contributed by atoms with Crippen LogP contribution in [-0.4, -0.2) is 20.1 Å². The van der Waals surface area contributed by atoms with Crippen LogP contribution >= 0.6 is 11.8 Å². The van der Waals surface area contributed by atoms with E-state index in [0.717, 1.165) is 22.6 Å². The van der Waals surface area contributed by atoms with Gasteiger partial charge in [-0.05, 0) is 24.6 Å². The number of nitrogens with zero attached hydrogens (tertiary/aromatic N) is 3. The molecule has 5 nitrogen and oxygen atoms in total. The molecule has 0 atom stereocenters. The van der Waals surface area contributed by atoms with Crippen LogP contribution in [0.5, 0.6) is 0 Å². The van der Waals surface area contributed by atoms with E-state index < -0.39 is 0 Å². The molecule has 0 bridgehead atoms. The summed E-state index contributed by atoms with van der Waals surface area (Å²) in [5.74, 6) is 2.04. The molecule has 0 saturated carbocycles. The molecule has 3 rings (SSSR count). The molecule has 0 saturated heterocycles. The molecule has 1 aromatic carbocycles. The largest absolute Gasteiger partial charge is 0.339 e. The number of fused-ring (bicyclic) bond motifs is 1. The molecule has 0 aliphatic carbocycles. The second-order valence-corrected chi connectivity index (χ2v) is 5.27. The molecule has 0 unspecified atom stereocenters. The van der Waals surface area contributed by atoms with E-state index in [1.165, 1.54) is 5.56 Å². The van der Waals surface area contributed by atoms with Crippen molar-refractivity contribution in [2.75, 3.05) is 0 Å². The molecule has 19 heavy (non-hydrogen) atoms. The van der Waals surface area contributed by atoms with Crippen molar-refractivity contribution in [1.82, 2.24) is 20.1 Å². The van der Waals surface area contributed by atoms with Crippen molar-refractivity contribution in [1.29, 1.82) is 0 Å². The minimum Gasteiger partial charge on any atom is -0.339 e. The Morgan fingerprint density at radius 1 is 1.32 bits per heavy atom. The van der Waals surface area contributed by atoms with Crippen molar-refractivity contribution in [3.05, 3.63) is 35.5 Å². The van der Waals surface area contributed by atoms with Gasteiger partial charge in [-0.25, -0.2) is 4.98 Å². The van der Waals surface area contributed by atoms with Gasteiger partial charge in [0.1, 0.15) is 0 Å². The highest BCUT2D eigenvalue weighted by molar-refractivity contribution is 7.98. The number of aromatic amines is 1. The fourth-order valence-electron chi connectivity index (χ4n) is 1.79. The maximum atomic E-state index is 5.07. The molecule has 0 spiro atoms. The summed E-state index contributed by atoms with van der Waals surface area (Å²) in [6.45, 7) is 4.06. The van der Waals surface area contributed by atoms with Gasteiger partial charge < -0.3 is 9.51 Å². The van der Waals surface area contributed by atoms with Gasteiger partial charge in [-0.3, -0.25) is 0 Å². The molecule has 0 aliphatic heterocycles.